The molecule has 0 aromatic rings. The average Bonchev–Trinajstić information content (AvgIpc) is 3.02. The van der Waals surface area contributed by atoms with Gasteiger partial charge in [-0.25, -0.2) is 10.2 Å². The zero-order valence-corrected chi connectivity index (χ0v) is 20.8. The summed E-state index contributed by atoms with van der Waals surface area (Å²) >= 11 is 0. The van der Waals surface area contributed by atoms with Gasteiger partial charge in [0.05, 0.1) is 24.8 Å². The molecule has 3 aliphatic heterocycles. The maximum absolute atomic E-state index is 13.1. The lowest BCUT2D eigenvalue weighted by atomic mass is 9.71. The van der Waals surface area contributed by atoms with Gasteiger partial charge in [0.25, 0.3) is 0 Å². The number of allylic oxidation sites excluding steroid dienone is 1. The van der Waals surface area contributed by atoms with Crippen LogP contribution in [0.2, 0.25) is 0 Å². The maximum Gasteiger partial charge on any atom is 0.430 e. The fraction of sp³-hybridized carbons (Fsp3) is 0.680. The molecule has 0 aromatic carbocycles. The van der Waals surface area contributed by atoms with Crippen LogP contribution in [0, 0.1) is 11.8 Å². The first-order valence-electron chi connectivity index (χ1n) is 11.8. The number of carbonyl (C=O) groups excluding carboxylic acids is 1. The number of hydrazine groups is 1. The molecule has 8 nitrogen and oxygen atoms in total. The lowest BCUT2D eigenvalue weighted by Gasteiger charge is -2.40. The Balaban J connectivity index is 1.85. The van der Waals surface area contributed by atoms with Crippen molar-refractivity contribution in [1.29, 1.82) is 0 Å². The number of rotatable bonds is 3. The van der Waals surface area contributed by atoms with Gasteiger partial charge in [0, 0.05) is 24.7 Å². The van der Waals surface area contributed by atoms with E-state index in [9.17, 15) is 9.90 Å². The molecule has 0 spiro atoms. The zero-order valence-electron chi connectivity index (χ0n) is 20.8. The molecule has 3 unspecified atom stereocenters. The Bertz CT molecular complexity index is 934. The normalized spacial score (nSPS) is 28.4. The number of nitrogens with one attached hydrogen (secondary N) is 1. The average molecular weight is 460 g/mol. The highest BCUT2D eigenvalue weighted by atomic mass is 16.6. The monoisotopic (exact) mass is 459 g/mol. The van der Waals surface area contributed by atoms with E-state index in [4.69, 9.17) is 19.2 Å². The molecule has 3 heterocycles. The molecule has 4 rings (SSSR count). The summed E-state index contributed by atoms with van der Waals surface area (Å²) in [5, 5.41) is 13.2. The number of nitrogens with zero attached hydrogens (tertiary/aromatic N) is 2. The van der Waals surface area contributed by atoms with Crippen LogP contribution in [0.25, 0.3) is 0 Å². The smallest absolute Gasteiger partial charge is 0.430 e. The molecule has 4 aliphatic rings. The van der Waals surface area contributed by atoms with Crippen LogP contribution in [0.1, 0.15) is 54.4 Å². The number of ether oxygens (including phenoxy) is 3. The van der Waals surface area contributed by atoms with Gasteiger partial charge in [-0.3, -0.25) is 4.99 Å². The molecule has 0 radical (unpaired) electrons. The van der Waals surface area contributed by atoms with Crippen LogP contribution in [-0.4, -0.2) is 65.7 Å². The number of amidine groups is 1. The molecular weight excluding hydrogens is 422 g/mol. The van der Waals surface area contributed by atoms with Crippen LogP contribution in [0.5, 0.6) is 0 Å². The predicted octanol–water partition coefficient (Wildman–Crippen LogP) is 3.49. The molecule has 1 amide bonds. The van der Waals surface area contributed by atoms with Crippen LogP contribution in [0.4, 0.5) is 4.79 Å². The molecule has 3 atom stereocenters. The highest BCUT2D eigenvalue weighted by molar-refractivity contribution is 6.10. The molecule has 2 saturated heterocycles. The van der Waals surface area contributed by atoms with Gasteiger partial charge in [0.2, 0.25) is 0 Å². The van der Waals surface area contributed by atoms with Crippen LogP contribution in [-0.2, 0) is 14.2 Å². The van der Waals surface area contributed by atoms with Crippen LogP contribution < -0.4 is 5.43 Å². The fourth-order valence-electron chi connectivity index (χ4n) is 5.24. The van der Waals surface area contributed by atoms with Gasteiger partial charge in [-0.1, -0.05) is 0 Å². The predicted molar refractivity (Wildman–Crippen MR) is 125 cm³/mol. The largest absolute Gasteiger partial charge is 0.497 e. The van der Waals surface area contributed by atoms with Gasteiger partial charge < -0.3 is 19.3 Å². The van der Waals surface area contributed by atoms with Crippen LogP contribution in [0.3, 0.4) is 0 Å². The lowest BCUT2D eigenvalue weighted by molar-refractivity contribution is 0.0178. The molecular formula is C25H37N3O5. The summed E-state index contributed by atoms with van der Waals surface area (Å²) in [7, 11) is 1.65. The number of methoxy groups -OCH3 is 1. The van der Waals surface area contributed by atoms with Gasteiger partial charge in [-0.2, -0.15) is 5.01 Å². The molecule has 2 fully saturated rings. The summed E-state index contributed by atoms with van der Waals surface area (Å²) in [6.45, 7) is 12.8. The molecule has 0 aromatic heterocycles. The van der Waals surface area contributed by atoms with Crippen molar-refractivity contribution < 1.29 is 24.1 Å². The number of fused-ring (bicyclic) bond motifs is 2. The Morgan fingerprint density at radius 2 is 2.00 bits per heavy atom. The Hall–Kier alpha value is -2.16. The Morgan fingerprint density at radius 1 is 1.33 bits per heavy atom. The molecule has 182 valence electrons. The highest BCUT2D eigenvalue weighted by Gasteiger charge is 2.51. The van der Waals surface area contributed by atoms with Gasteiger partial charge in [0.1, 0.15) is 11.4 Å². The van der Waals surface area contributed by atoms with Gasteiger partial charge >= 0.3 is 6.09 Å². The van der Waals surface area contributed by atoms with Gasteiger partial charge in [0.15, 0.2) is 5.84 Å². The summed E-state index contributed by atoms with van der Waals surface area (Å²) in [6.07, 6.45) is 4.42. The second-order valence-corrected chi connectivity index (χ2v) is 10.9. The summed E-state index contributed by atoms with van der Waals surface area (Å²) in [5.74, 6) is 1.22. The first-order valence-corrected chi connectivity index (χ1v) is 11.8. The molecule has 0 bridgehead atoms. The zero-order chi connectivity index (χ0) is 24.1. The Labute approximate surface area is 196 Å². The van der Waals surface area contributed by atoms with E-state index < -0.39 is 23.3 Å². The third-order valence-electron chi connectivity index (χ3n) is 6.72. The number of dihydropyridines is 1. The summed E-state index contributed by atoms with van der Waals surface area (Å²) in [5.41, 5.74) is 4.81. The van der Waals surface area contributed by atoms with Crippen molar-refractivity contribution in [2.24, 2.45) is 16.8 Å². The van der Waals surface area contributed by atoms with Crippen molar-refractivity contribution in [3.05, 3.63) is 34.6 Å². The number of carbonyl (C=O) groups is 1. The number of aliphatic imine (C=N–C) groups is 1. The number of aliphatic hydroxyl groups excluding tert-OH is 1. The van der Waals surface area contributed by atoms with Gasteiger partial charge in [-0.15, -0.1) is 0 Å². The standard InChI is InChI=1S/C25H37N3O5/c1-14-12-16(31-7)13-17-18(21(29)15-8-10-32-11-9-15)19-22(26-20(14)17)28(27-25(19,5)6)23(30)33-24(2,3)4/h12-13,15,17,20-21,27,29H,8-11H2,1-7H3. The van der Waals surface area contributed by atoms with Crippen molar-refractivity contribution in [3.63, 3.8) is 0 Å². The molecule has 1 aliphatic carbocycles. The number of amides is 1. The molecule has 8 heteroatoms. The van der Waals surface area contributed by atoms with E-state index in [0.29, 0.717) is 19.0 Å². The molecule has 33 heavy (non-hydrogen) atoms. The topological polar surface area (TPSA) is 92.6 Å². The Morgan fingerprint density at radius 3 is 2.61 bits per heavy atom. The van der Waals surface area contributed by atoms with E-state index in [1.807, 2.05) is 47.6 Å². The van der Waals surface area contributed by atoms with Gasteiger partial charge in [-0.05, 0) is 83.6 Å². The van der Waals surface area contributed by atoms with Crippen LogP contribution in [0.15, 0.2) is 39.6 Å². The van der Waals surface area contributed by atoms with E-state index >= 15 is 0 Å². The molecule has 2 N–H and O–H groups in total. The van der Waals surface area contributed by atoms with E-state index in [0.717, 1.165) is 35.3 Å². The van der Waals surface area contributed by atoms with Crippen molar-refractivity contribution in [2.75, 3.05) is 20.3 Å². The van der Waals surface area contributed by atoms with Crippen molar-refractivity contribution in [2.45, 2.75) is 77.7 Å². The van der Waals surface area contributed by atoms with E-state index in [1.165, 1.54) is 5.01 Å². The number of aliphatic hydroxyl groups is 1. The molecule has 0 saturated carbocycles. The van der Waals surface area contributed by atoms with E-state index in [-0.39, 0.29) is 17.9 Å². The van der Waals surface area contributed by atoms with Crippen molar-refractivity contribution >= 4 is 11.9 Å². The third-order valence-corrected chi connectivity index (χ3v) is 6.72. The highest BCUT2D eigenvalue weighted by Crippen LogP contribution is 2.45. The minimum absolute atomic E-state index is 0.0817. The summed E-state index contributed by atoms with van der Waals surface area (Å²) < 4.78 is 16.8. The van der Waals surface area contributed by atoms with Crippen molar-refractivity contribution in [1.82, 2.24) is 10.4 Å². The minimum atomic E-state index is -0.679. The van der Waals surface area contributed by atoms with Crippen LogP contribution >= 0.6 is 0 Å². The SMILES string of the molecule is COC1=CC2C(C(O)C3CCOCC3)=C3C(=NC2C(C)=C1)N(C(=O)OC(C)(C)C)NC3(C)C. The second kappa shape index (κ2) is 8.56. The van der Waals surface area contributed by atoms with Crippen molar-refractivity contribution in [3.8, 4) is 0 Å². The fourth-order valence-corrected chi connectivity index (χ4v) is 5.24. The Kier molecular flexibility index (Phi) is 6.22. The first kappa shape index (κ1) is 24.0. The quantitative estimate of drug-likeness (QED) is 0.671. The number of hydrogen-bond acceptors (Lipinski definition) is 7. The minimum Gasteiger partial charge on any atom is -0.497 e. The second-order valence-electron chi connectivity index (χ2n) is 10.9. The van der Waals surface area contributed by atoms with E-state index in [1.54, 1.807) is 7.11 Å². The first-order chi connectivity index (χ1) is 15.4. The number of hydrogen-bond donors (Lipinski definition) is 2. The van der Waals surface area contributed by atoms with E-state index in [2.05, 4.69) is 11.5 Å². The third kappa shape index (κ3) is 4.48. The lowest BCUT2D eigenvalue weighted by Crippen LogP contribution is -2.48. The summed E-state index contributed by atoms with van der Waals surface area (Å²) in [4.78, 5) is 18.2. The maximum atomic E-state index is 13.1. The summed E-state index contributed by atoms with van der Waals surface area (Å²) in [6, 6.07) is -0.229.